The Bertz CT molecular complexity index is 868. The topological polar surface area (TPSA) is 117 Å². The molecule has 0 spiro atoms. The molecule has 1 aromatic carbocycles. The normalized spacial score (nSPS) is 23.2. The van der Waals surface area contributed by atoms with Gasteiger partial charge in [-0.05, 0) is 37.3 Å². The van der Waals surface area contributed by atoms with Crippen molar-refractivity contribution >= 4 is 23.6 Å². The Morgan fingerprint density at radius 1 is 1.16 bits per heavy atom. The van der Waals surface area contributed by atoms with Crippen molar-refractivity contribution in [1.82, 2.24) is 20.9 Å². The number of hydrogen-bond donors (Lipinski definition) is 3. The summed E-state index contributed by atoms with van der Waals surface area (Å²) < 4.78 is 5.78. The van der Waals surface area contributed by atoms with Gasteiger partial charge in [-0.15, -0.1) is 0 Å². The Morgan fingerprint density at radius 2 is 1.88 bits per heavy atom. The molecule has 9 nitrogen and oxygen atoms in total. The van der Waals surface area contributed by atoms with E-state index in [2.05, 4.69) is 16.0 Å². The quantitative estimate of drug-likeness (QED) is 0.639. The summed E-state index contributed by atoms with van der Waals surface area (Å²) in [5.74, 6) is -1.41. The van der Waals surface area contributed by atoms with Crippen molar-refractivity contribution in [2.75, 3.05) is 20.2 Å². The molecular weight excluding hydrogens is 412 g/mol. The minimum Gasteiger partial charge on any atom is -0.491 e. The molecule has 0 aromatic heterocycles. The van der Waals surface area contributed by atoms with Crippen molar-refractivity contribution in [2.45, 2.75) is 57.7 Å². The fourth-order valence-corrected chi connectivity index (χ4v) is 3.65. The van der Waals surface area contributed by atoms with E-state index < -0.39 is 29.8 Å². The molecule has 2 atom stereocenters. The number of ether oxygens (including phenoxy) is 1. The first-order valence-electron chi connectivity index (χ1n) is 11.1. The van der Waals surface area contributed by atoms with Crippen LogP contribution in [0, 0.1) is 5.92 Å². The zero-order valence-corrected chi connectivity index (χ0v) is 18.8. The van der Waals surface area contributed by atoms with Gasteiger partial charge in [0.1, 0.15) is 24.4 Å². The Hall–Kier alpha value is -3.10. The predicted octanol–water partition coefficient (Wildman–Crippen LogP) is 0.835. The molecule has 1 fully saturated rings. The van der Waals surface area contributed by atoms with Crippen LogP contribution in [0.4, 0.5) is 0 Å². The van der Waals surface area contributed by atoms with Gasteiger partial charge < -0.3 is 25.6 Å². The first-order chi connectivity index (χ1) is 15.3. The minimum absolute atomic E-state index is 0.0600. The van der Waals surface area contributed by atoms with E-state index >= 15 is 0 Å². The van der Waals surface area contributed by atoms with Gasteiger partial charge in [-0.2, -0.15) is 0 Å². The first-order valence-corrected chi connectivity index (χ1v) is 11.1. The minimum atomic E-state index is -1.07. The smallest absolute Gasteiger partial charge is 0.255 e. The van der Waals surface area contributed by atoms with E-state index in [-0.39, 0.29) is 36.5 Å². The molecule has 0 saturated heterocycles. The second kappa shape index (κ2) is 10.5. The molecule has 3 N–H and O–H groups in total. The largest absolute Gasteiger partial charge is 0.491 e. The Morgan fingerprint density at radius 3 is 2.53 bits per heavy atom. The summed E-state index contributed by atoms with van der Waals surface area (Å²) in [5.41, 5.74) is 0.264. The summed E-state index contributed by atoms with van der Waals surface area (Å²) in [5, 5.41) is 8.33. The number of para-hydroxylation sites is 1. The highest BCUT2D eigenvalue weighted by Gasteiger charge is 2.32. The molecule has 9 heteroatoms. The number of carbonyl (C=O) groups excluding carboxylic acids is 4. The van der Waals surface area contributed by atoms with Crippen molar-refractivity contribution in [3.63, 3.8) is 0 Å². The van der Waals surface area contributed by atoms with E-state index in [1.54, 1.807) is 31.3 Å². The Labute approximate surface area is 188 Å². The molecule has 1 saturated carbocycles. The summed E-state index contributed by atoms with van der Waals surface area (Å²) in [6, 6.07) is 4.95. The van der Waals surface area contributed by atoms with Gasteiger partial charge in [0, 0.05) is 13.1 Å². The molecule has 1 aliphatic carbocycles. The molecule has 32 heavy (non-hydrogen) atoms. The molecule has 3 rings (SSSR count). The van der Waals surface area contributed by atoms with E-state index in [1.807, 2.05) is 13.8 Å². The Kier molecular flexibility index (Phi) is 7.71. The lowest BCUT2D eigenvalue weighted by molar-refractivity contribution is -0.137. The number of likely N-dealkylation sites (N-methyl/N-ethyl adjacent to an activating group) is 1. The molecule has 1 aromatic rings. The predicted molar refractivity (Wildman–Crippen MR) is 118 cm³/mol. The fourth-order valence-electron chi connectivity index (χ4n) is 3.65. The van der Waals surface area contributed by atoms with Crippen LogP contribution in [0.15, 0.2) is 24.3 Å². The van der Waals surface area contributed by atoms with Crippen LogP contribution in [0.25, 0.3) is 0 Å². The number of nitrogens with zero attached hydrogens (tertiary/aromatic N) is 1. The van der Waals surface area contributed by atoms with Crippen LogP contribution in [-0.2, 0) is 14.4 Å². The van der Waals surface area contributed by atoms with Crippen LogP contribution < -0.4 is 20.7 Å². The van der Waals surface area contributed by atoms with Crippen LogP contribution in [0.5, 0.6) is 5.75 Å². The lowest BCUT2D eigenvalue weighted by atomic mass is 9.92. The van der Waals surface area contributed by atoms with E-state index in [1.165, 1.54) is 4.90 Å². The number of hydrogen-bond acceptors (Lipinski definition) is 5. The van der Waals surface area contributed by atoms with Crippen molar-refractivity contribution in [1.29, 1.82) is 0 Å². The maximum atomic E-state index is 13.0. The monoisotopic (exact) mass is 444 g/mol. The van der Waals surface area contributed by atoms with Crippen molar-refractivity contribution in [3.8, 4) is 5.75 Å². The van der Waals surface area contributed by atoms with Gasteiger partial charge in [0.05, 0.1) is 18.5 Å². The second-order valence-electron chi connectivity index (χ2n) is 8.76. The number of amides is 4. The molecule has 0 radical (unpaired) electrons. The second-order valence-corrected chi connectivity index (χ2v) is 8.76. The molecule has 174 valence electrons. The third-order valence-electron chi connectivity index (χ3n) is 5.90. The number of carbonyl (C=O) groups is 4. The molecule has 2 aliphatic rings. The van der Waals surface area contributed by atoms with E-state index in [0.717, 1.165) is 19.3 Å². The third-order valence-corrected chi connectivity index (χ3v) is 5.90. The van der Waals surface area contributed by atoms with Gasteiger partial charge >= 0.3 is 0 Å². The Balaban J connectivity index is 1.88. The SMILES string of the molecule is CC(C)[C@@H]1NC(=O)C[C@@H](C(=O)NC2CCC2)NC(=O)c2ccccc2OCCN(C)C1=O. The van der Waals surface area contributed by atoms with Crippen LogP contribution in [0.1, 0.15) is 49.9 Å². The van der Waals surface area contributed by atoms with Crippen molar-refractivity contribution in [3.05, 3.63) is 29.8 Å². The summed E-state index contributed by atoms with van der Waals surface area (Å²) >= 11 is 0. The number of rotatable bonds is 3. The number of nitrogens with one attached hydrogen (secondary N) is 3. The number of fused-ring (bicyclic) bond motifs is 1. The summed E-state index contributed by atoms with van der Waals surface area (Å²) in [6.45, 7) is 4.15. The molecule has 4 amide bonds. The van der Waals surface area contributed by atoms with Gasteiger partial charge in [0.15, 0.2) is 0 Å². The molecular formula is C23H32N4O5. The van der Waals surface area contributed by atoms with Crippen molar-refractivity contribution < 1.29 is 23.9 Å². The first kappa shape index (κ1) is 23.6. The van der Waals surface area contributed by atoms with Gasteiger partial charge in [0.25, 0.3) is 5.91 Å². The highest BCUT2D eigenvalue weighted by Crippen LogP contribution is 2.20. The average molecular weight is 445 g/mol. The molecule has 1 heterocycles. The van der Waals surface area contributed by atoms with Crippen LogP contribution in [-0.4, -0.2) is 66.9 Å². The molecule has 0 unspecified atom stereocenters. The third kappa shape index (κ3) is 5.77. The fraction of sp³-hybridized carbons (Fsp3) is 0.565. The summed E-state index contributed by atoms with van der Waals surface area (Å²) in [7, 11) is 1.65. The maximum Gasteiger partial charge on any atom is 0.255 e. The van der Waals surface area contributed by atoms with Gasteiger partial charge in [-0.25, -0.2) is 0 Å². The number of benzene rings is 1. The molecule has 0 bridgehead atoms. The highest BCUT2D eigenvalue weighted by molar-refractivity contribution is 6.01. The van der Waals surface area contributed by atoms with Crippen LogP contribution >= 0.6 is 0 Å². The standard InChI is InChI=1S/C23H32N4O5/c1-14(2)20-23(31)27(3)11-12-32-18-10-5-4-9-16(18)21(29)25-17(13-19(28)26-20)22(30)24-15-7-6-8-15/h4-5,9-10,14-15,17,20H,6-8,11-13H2,1-3H3,(H,24,30)(H,25,29)(H,26,28)/t17-,20-/m0/s1. The van der Waals surface area contributed by atoms with Crippen LogP contribution in [0.3, 0.4) is 0 Å². The summed E-state index contributed by atoms with van der Waals surface area (Å²) in [6.07, 6.45) is 2.53. The van der Waals surface area contributed by atoms with E-state index in [9.17, 15) is 19.2 Å². The summed E-state index contributed by atoms with van der Waals surface area (Å²) in [4.78, 5) is 53.1. The van der Waals surface area contributed by atoms with Crippen LogP contribution in [0.2, 0.25) is 0 Å². The van der Waals surface area contributed by atoms with Gasteiger partial charge in [0.2, 0.25) is 17.7 Å². The van der Waals surface area contributed by atoms with E-state index in [0.29, 0.717) is 12.3 Å². The highest BCUT2D eigenvalue weighted by atomic mass is 16.5. The van der Waals surface area contributed by atoms with E-state index in [4.69, 9.17) is 4.74 Å². The zero-order valence-electron chi connectivity index (χ0n) is 18.8. The lowest BCUT2D eigenvalue weighted by Gasteiger charge is -2.30. The zero-order chi connectivity index (χ0) is 23.3. The average Bonchev–Trinajstić information content (AvgIpc) is 2.72. The maximum absolute atomic E-state index is 13.0. The lowest BCUT2D eigenvalue weighted by Crippen LogP contribution is -2.55. The van der Waals surface area contributed by atoms with Gasteiger partial charge in [-0.1, -0.05) is 26.0 Å². The van der Waals surface area contributed by atoms with Crippen molar-refractivity contribution in [2.24, 2.45) is 5.92 Å². The molecule has 1 aliphatic heterocycles. The van der Waals surface area contributed by atoms with Gasteiger partial charge in [-0.3, -0.25) is 19.2 Å².